The second kappa shape index (κ2) is 8.00. The number of aliphatic carboxylic acids is 1. The summed E-state index contributed by atoms with van der Waals surface area (Å²) in [6, 6.07) is 0. The molecule has 2 N–H and O–H groups in total. The van der Waals surface area contributed by atoms with E-state index in [4.69, 9.17) is 4.74 Å². The van der Waals surface area contributed by atoms with E-state index in [9.17, 15) is 19.5 Å². The van der Waals surface area contributed by atoms with Crippen molar-refractivity contribution in [1.29, 1.82) is 0 Å². The largest absolute Gasteiger partial charge is 0.481 e. The number of aryl methyl sites for hydroxylation is 1. The van der Waals surface area contributed by atoms with Crippen LogP contribution >= 0.6 is 11.3 Å². The summed E-state index contributed by atoms with van der Waals surface area (Å²) < 4.78 is 5.18. The molecule has 1 heterocycles. The highest BCUT2D eigenvalue weighted by molar-refractivity contribution is 7.16. The summed E-state index contributed by atoms with van der Waals surface area (Å²) in [5.74, 6) is -2.57. The van der Waals surface area contributed by atoms with Gasteiger partial charge in [0, 0.05) is 4.88 Å². The van der Waals surface area contributed by atoms with Crippen molar-refractivity contribution in [3.05, 3.63) is 16.0 Å². The first-order chi connectivity index (χ1) is 12.9. The second-order valence-corrected chi connectivity index (χ2v) is 8.69. The number of thiophene rings is 1. The summed E-state index contributed by atoms with van der Waals surface area (Å²) in [6.07, 6.45) is 4.25. The Kier molecular flexibility index (Phi) is 5.89. The molecule has 3 aliphatic rings. The quantitative estimate of drug-likeness (QED) is 0.716. The number of fused-ring (bicyclic) bond motifs is 3. The molecule has 6 nitrogen and oxygen atoms in total. The van der Waals surface area contributed by atoms with Crippen molar-refractivity contribution >= 4 is 34.2 Å². The van der Waals surface area contributed by atoms with Gasteiger partial charge < -0.3 is 15.2 Å². The molecule has 148 valence electrons. The van der Waals surface area contributed by atoms with Crippen LogP contribution in [-0.2, 0) is 20.7 Å². The number of carboxylic acid groups (broad SMARTS) is 1. The van der Waals surface area contributed by atoms with Crippen LogP contribution in [0, 0.1) is 30.6 Å². The molecule has 3 saturated carbocycles. The molecule has 2 atom stereocenters. The summed E-state index contributed by atoms with van der Waals surface area (Å²) in [4.78, 5) is 38.3. The lowest BCUT2D eigenvalue weighted by molar-refractivity contribution is -0.156. The van der Waals surface area contributed by atoms with Crippen LogP contribution in [-0.4, -0.2) is 29.6 Å². The highest BCUT2D eigenvalue weighted by Crippen LogP contribution is 2.49. The summed E-state index contributed by atoms with van der Waals surface area (Å²) in [6.45, 7) is 5.89. The Labute approximate surface area is 163 Å². The number of carboxylic acids is 1. The fourth-order valence-corrected chi connectivity index (χ4v) is 6.02. The van der Waals surface area contributed by atoms with E-state index < -0.39 is 23.8 Å². The zero-order valence-corrected chi connectivity index (χ0v) is 16.9. The first-order valence-electron chi connectivity index (χ1n) is 9.72. The standard InChI is InChI=1S/C20H27NO5S/c1-4-13-10(3)27-18(16(13)20(25)26-5-2)21-17(22)14-11-6-8-12(9-7-11)15(14)19(23)24/h11-12,14-15H,4-9H2,1-3H3,(H,21,22)(H,23,24)/t11?,12?,14-,15-/m1/s1. The molecule has 0 unspecified atom stereocenters. The molecular weight excluding hydrogens is 366 g/mol. The van der Waals surface area contributed by atoms with E-state index in [0.29, 0.717) is 17.0 Å². The van der Waals surface area contributed by atoms with Gasteiger partial charge in [-0.15, -0.1) is 11.3 Å². The third-order valence-corrected chi connectivity index (χ3v) is 7.15. The fourth-order valence-electron chi connectivity index (χ4n) is 4.89. The van der Waals surface area contributed by atoms with E-state index in [0.717, 1.165) is 36.1 Å². The van der Waals surface area contributed by atoms with Gasteiger partial charge in [0.1, 0.15) is 5.00 Å². The molecule has 0 aliphatic heterocycles. The monoisotopic (exact) mass is 393 g/mol. The van der Waals surface area contributed by atoms with Gasteiger partial charge in [-0.05, 0) is 63.4 Å². The van der Waals surface area contributed by atoms with Gasteiger partial charge in [0.05, 0.1) is 24.0 Å². The molecule has 0 radical (unpaired) electrons. The first kappa shape index (κ1) is 19.9. The molecule has 3 aliphatic carbocycles. The molecule has 7 heteroatoms. The number of amides is 1. The third-order valence-electron chi connectivity index (χ3n) is 6.09. The Hall–Kier alpha value is -1.89. The minimum atomic E-state index is -0.883. The van der Waals surface area contributed by atoms with Crippen LogP contribution in [0.3, 0.4) is 0 Å². The molecule has 1 aromatic rings. The lowest BCUT2D eigenvalue weighted by Gasteiger charge is -2.45. The molecule has 0 aromatic carbocycles. The molecule has 1 amide bonds. The number of ether oxygens (including phenoxy) is 1. The second-order valence-electron chi connectivity index (χ2n) is 7.47. The average Bonchev–Trinajstić information content (AvgIpc) is 2.96. The Morgan fingerprint density at radius 2 is 1.70 bits per heavy atom. The maximum atomic E-state index is 13.1. The van der Waals surface area contributed by atoms with Crippen LogP contribution in [0.2, 0.25) is 0 Å². The number of esters is 1. The van der Waals surface area contributed by atoms with Crippen molar-refractivity contribution in [3.8, 4) is 0 Å². The number of hydrogen-bond donors (Lipinski definition) is 2. The van der Waals surface area contributed by atoms with E-state index in [1.807, 2.05) is 13.8 Å². The van der Waals surface area contributed by atoms with Gasteiger partial charge in [-0.25, -0.2) is 4.79 Å². The Morgan fingerprint density at radius 1 is 1.11 bits per heavy atom. The zero-order chi connectivity index (χ0) is 19.7. The normalized spacial score (nSPS) is 26.6. The van der Waals surface area contributed by atoms with Crippen molar-refractivity contribution in [3.63, 3.8) is 0 Å². The van der Waals surface area contributed by atoms with Gasteiger partial charge in [-0.3, -0.25) is 9.59 Å². The molecule has 2 bridgehead atoms. The number of nitrogens with one attached hydrogen (secondary N) is 1. The molecule has 3 fully saturated rings. The maximum Gasteiger partial charge on any atom is 0.341 e. The van der Waals surface area contributed by atoms with E-state index in [1.54, 1.807) is 6.92 Å². The molecule has 0 saturated heterocycles. The van der Waals surface area contributed by atoms with Crippen molar-refractivity contribution in [1.82, 2.24) is 0 Å². The number of anilines is 1. The highest BCUT2D eigenvalue weighted by Gasteiger charge is 2.50. The highest BCUT2D eigenvalue weighted by atomic mass is 32.1. The van der Waals surface area contributed by atoms with E-state index in [2.05, 4.69) is 5.32 Å². The van der Waals surface area contributed by atoms with Crippen LogP contribution in [0.25, 0.3) is 0 Å². The van der Waals surface area contributed by atoms with E-state index in [-0.39, 0.29) is 24.3 Å². The van der Waals surface area contributed by atoms with Crippen molar-refractivity contribution in [2.24, 2.45) is 23.7 Å². The summed E-state index contributed by atoms with van der Waals surface area (Å²) in [5, 5.41) is 13.1. The summed E-state index contributed by atoms with van der Waals surface area (Å²) in [7, 11) is 0. The number of carbonyl (C=O) groups excluding carboxylic acids is 2. The van der Waals surface area contributed by atoms with Gasteiger partial charge in [0.15, 0.2) is 0 Å². The number of carbonyl (C=O) groups is 3. The van der Waals surface area contributed by atoms with E-state index >= 15 is 0 Å². The van der Waals surface area contributed by atoms with Crippen molar-refractivity contribution in [2.75, 3.05) is 11.9 Å². The maximum absolute atomic E-state index is 13.1. The first-order valence-corrected chi connectivity index (χ1v) is 10.5. The smallest absolute Gasteiger partial charge is 0.341 e. The van der Waals surface area contributed by atoms with Gasteiger partial charge in [0.2, 0.25) is 5.91 Å². The van der Waals surface area contributed by atoms with Crippen LogP contribution in [0.5, 0.6) is 0 Å². The van der Waals surface area contributed by atoms with Crippen molar-refractivity contribution in [2.45, 2.75) is 52.9 Å². The molecule has 0 spiro atoms. The van der Waals surface area contributed by atoms with E-state index in [1.165, 1.54) is 11.3 Å². The minimum absolute atomic E-state index is 0.0732. The number of hydrogen-bond acceptors (Lipinski definition) is 5. The Morgan fingerprint density at radius 3 is 2.22 bits per heavy atom. The summed E-state index contributed by atoms with van der Waals surface area (Å²) in [5.41, 5.74) is 1.30. The van der Waals surface area contributed by atoms with Crippen LogP contribution in [0.4, 0.5) is 5.00 Å². The molecule has 4 rings (SSSR count). The van der Waals surface area contributed by atoms with Gasteiger partial charge in [-0.2, -0.15) is 0 Å². The van der Waals surface area contributed by atoms with Gasteiger partial charge >= 0.3 is 11.9 Å². The topological polar surface area (TPSA) is 92.7 Å². The molecule has 27 heavy (non-hydrogen) atoms. The molecular formula is C20H27NO5S. The lowest BCUT2D eigenvalue weighted by atomic mass is 9.58. The predicted octanol–water partition coefficient (Wildman–Crippen LogP) is 3.87. The summed E-state index contributed by atoms with van der Waals surface area (Å²) >= 11 is 1.36. The van der Waals surface area contributed by atoms with Crippen molar-refractivity contribution < 1.29 is 24.2 Å². The number of rotatable bonds is 6. The van der Waals surface area contributed by atoms with Gasteiger partial charge in [-0.1, -0.05) is 6.92 Å². The predicted molar refractivity (Wildman–Crippen MR) is 103 cm³/mol. The average molecular weight is 394 g/mol. The Balaban J connectivity index is 1.89. The minimum Gasteiger partial charge on any atom is -0.481 e. The van der Waals surface area contributed by atoms with Crippen LogP contribution in [0.1, 0.15) is 60.3 Å². The Bertz CT molecular complexity index is 748. The van der Waals surface area contributed by atoms with Crippen LogP contribution < -0.4 is 5.32 Å². The zero-order valence-electron chi connectivity index (χ0n) is 16.0. The van der Waals surface area contributed by atoms with Crippen LogP contribution in [0.15, 0.2) is 0 Å². The third kappa shape index (κ3) is 3.61. The SMILES string of the molecule is CCOC(=O)c1c(NC(=O)[C@@H]2C3CCC(CC3)[C@H]2C(=O)O)sc(C)c1CC. The molecule has 1 aromatic heterocycles. The fraction of sp³-hybridized carbons (Fsp3) is 0.650. The van der Waals surface area contributed by atoms with Gasteiger partial charge in [0.25, 0.3) is 0 Å². The lowest BCUT2D eigenvalue weighted by Crippen LogP contribution is -2.49.